The highest BCUT2D eigenvalue weighted by atomic mass is 32.1. The third-order valence-corrected chi connectivity index (χ3v) is 13.9. The van der Waals surface area contributed by atoms with Gasteiger partial charge in [0.1, 0.15) is 0 Å². The van der Waals surface area contributed by atoms with Crippen LogP contribution in [0.4, 0.5) is 17.1 Å². The van der Waals surface area contributed by atoms with Crippen molar-refractivity contribution in [2.75, 3.05) is 4.90 Å². The summed E-state index contributed by atoms with van der Waals surface area (Å²) in [6.45, 7) is 14.7. The number of hydrogen-bond donors (Lipinski definition) is 0. The summed E-state index contributed by atoms with van der Waals surface area (Å²) in [6, 6.07) is 52.6. The van der Waals surface area contributed by atoms with E-state index in [4.69, 9.17) is 0 Å². The molecule has 0 saturated carbocycles. The third-order valence-electron chi connectivity index (χ3n) is 12.7. The van der Waals surface area contributed by atoms with E-state index in [1.807, 2.05) is 11.3 Å². The van der Waals surface area contributed by atoms with Crippen LogP contribution in [0.3, 0.4) is 0 Å². The van der Waals surface area contributed by atoms with Crippen LogP contribution in [-0.4, -0.2) is 0 Å². The summed E-state index contributed by atoms with van der Waals surface area (Å²) < 4.78 is 2.69. The molecule has 0 unspecified atom stereocenters. The lowest BCUT2D eigenvalue weighted by Gasteiger charge is -2.42. The van der Waals surface area contributed by atoms with Crippen LogP contribution in [0.15, 0.2) is 140 Å². The molecule has 2 heteroatoms. The maximum absolute atomic E-state index is 2.60. The molecule has 0 atom stereocenters. The molecule has 2 aliphatic rings. The zero-order chi connectivity index (χ0) is 36.3. The topological polar surface area (TPSA) is 3.24 Å². The average molecular weight is 704 g/mol. The molecule has 7 aromatic carbocycles. The number of anilines is 3. The molecule has 0 saturated heterocycles. The summed E-state index contributed by atoms with van der Waals surface area (Å²) >= 11 is 1.89. The van der Waals surface area contributed by atoms with Crippen LogP contribution in [0, 0.1) is 0 Å². The Labute approximate surface area is 317 Å². The van der Waals surface area contributed by atoms with Crippen LogP contribution in [0.2, 0.25) is 0 Å². The lowest BCUT2D eigenvalue weighted by atomic mass is 9.62. The van der Waals surface area contributed by atoms with Crippen molar-refractivity contribution >= 4 is 59.3 Å². The van der Waals surface area contributed by atoms with Crippen LogP contribution in [0.5, 0.6) is 0 Å². The monoisotopic (exact) mass is 703 g/mol. The molecule has 0 amide bonds. The van der Waals surface area contributed by atoms with Crippen molar-refractivity contribution in [2.45, 2.75) is 70.6 Å². The summed E-state index contributed by atoms with van der Waals surface area (Å²) in [4.78, 5) is 2.51. The predicted octanol–water partition coefficient (Wildman–Crippen LogP) is 15.0. The number of fused-ring (bicyclic) bond motifs is 8. The van der Waals surface area contributed by atoms with E-state index < -0.39 is 0 Å². The van der Waals surface area contributed by atoms with Crippen molar-refractivity contribution in [1.82, 2.24) is 0 Å². The zero-order valence-electron chi connectivity index (χ0n) is 31.5. The van der Waals surface area contributed by atoms with Crippen LogP contribution in [0.25, 0.3) is 53.2 Å². The van der Waals surface area contributed by atoms with Gasteiger partial charge < -0.3 is 4.90 Å². The van der Waals surface area contributed by atoms with E-state index in [0.29, 0.717) is 0 Å². The van der Waals surface area contributed by atoms with E-state index in [1.54, 1.807) is 0 Å². The molecule has 53 heavy (non-hydrogen) atoms. The summed E-state index contributed by atoms with van der Waals surface area (Å²) in [5.74, 6) is 0. The van der Waals surface area contributed by atoms with Crippen molar-refractivity contribution in [1.29, 1.82) is 0 Å². The summed E-state index contributed by atoms with van der Waals surface area (Å²) in [5, 5.41) is 5.17. The first-order chi connectivity index (χ1) is 25.5. The molecule has 8 aromatic rings. The van der Waals surface area contributed by atoms with Crippen LogP contribution >= 0.6 is 11.3 Å². The number of benzene rings is 7. The Kier molecular flexibility index (Phi) is 6.99. The first-order valence-electron chi connectivity index (χ1n) is 19.1. The molecular formula is C51H45NS. The van der Waals surface area contributed by atoms with Gasteiger partial charge in [0.05, 0.1) is 5.69 Å². The van der Waals surface area contributed by atoms with Gasteiger partial charge in [-0.15, -0.1) is 11.3 Å². The van der Waals surface area contributed by atoms with E-state index in [1.165, 1.54) is 99.7 Å². The SMILES string of the molecule is CC1(C)CCC(C)(C)c2cc3c(cc21)-c1cccc(N(c2ccc(-c4cccc5c4sc4ccccc45)cc2)c2ccc4ccccc4c2)c1C3(C)C. The van der Waals surface area contributed by atoms with Crippen molar-refractivity contribution in [3.63, 3.8) is 0 Å². The third kappa shape index (κ3) is 4.88. The smallest absolute Gasteiger partial charge is 0.0508 e. The van der Waals surface area contributed by atoms with Gasteiger partial charge >= 0.3 is 0 Å². The summed E-state index contributed by atoms with van der Waals surface area (Å²) in [7, 11) is 0. The second kappa shape index (κ2) is 11.4. The average Bonchev–Trinajstić information content (AvgIpc) is 3.66. The maximum Gasteiger partial charge on any atom is 0.0508 e. The van der Waals surface area contributed by atoms with Gasteiger partial charge in [-0.25, -0.2) is 0 Å². The highest BCUT2D eigenvalue weighted by Crippen LogP contribution is 2.57. The largest absolute Gasteiger partial charge is 0.310 e. The Balaban J connectivity index is 1.16. The number of hydrogen-bond acceptors (Lipinski definition) is 2. The lowest BCUT2D eigenvalue weighted by molar-refractivity contribution is 0.331. The van der Waals surface area contributed by atoms with Crippen molar-refractivity contribution in [3.8, 4) is 22.3 Å². The van der Waals surface area contributed by atoms with E-state index in [2.05, 4.69) is 186 Å². The molecule has 1 aromatic heterocycles. The molecule has 1 heterocycles. The number of nitrogens with zero attached hydrogens (tertiary/aromatic N) is 1. The van der Waals surface area contributed by atoms with Gasteiger partial charge in [-0.1, -0.05) is 139 Å². The quantitative estimate of drug-likeness (QED) is 0.176. The van der Waals surface area contributed by atoms with Gasteiger partial charge in [-0.2, -0.15) is 0 Å². The Hall–Kier alpha value is -5.18. The Bertz CT molecular complexity index is 2760. The fourth-order valence-corrected chi connectivity index (χ4v) is 10.8. The fourth-order valence-electron chi connectivity index (χ4n) is 9.60. The predicted molar refractivity (Wildman–Crippen MR) is 230 cm³/mol. The van der Waals surface area contributed by atoms with E-state index in [9.17, 15) is 0 Å². The Morgan fingerprint density at radius 3 is 1.92 bits per heavy atom. The molecule has 0 radical (unpaired) electrons. The van der Waals surface area contributed by atoms with Gasteiger partial charge in [0.2, 0.25) is 0 Å². The minimum absolute atomic E-state index is 0.156. The summed E-state index contributed by atoms with van der Waals surface area (Å²) in [6.07, 6.45) is 2.43. The van der Waals surface area contributed by atoms with E-state index in [-0.39, 0.29) is 16.2 Å². The highest BCUT2D eigenvalue weighted by molar-refractivity contribution is 7.26. The molecule has 260 valence electrons. The second-order valence-corrected chi connectivity index (χ2v) is 18.3. The second-order valence-electron chi connectivity index (χ2n) is 17.2. The first kappa shape index (κ1) is 32.5. The molecule has 0 fully saturated rings. The van der Waals surface area contributed by atoms with Gasteiger partial charge in [0.15, 0.2) is 0 Å². The molecular weight excluding hydrogens is 659 g/mol. The normalized spacial score (nSPS) is 16.4. The van der Waals surface area contributed by atoms with Crippen LogP contribution in [-0.2, 0) is 16.2 Å². The van der Waals surface area contributed by atoms with Gasteiger partial charge in [-0.05, 0) is 121 Å². The molecule has 0 aliphatic heterocycles. The number of rotatable bonds is 4. The highest BCUT2D eigenvalue weighted by Gasteiger charge is 2.44. The Morgan fingerprint density at radius 1 is 0.491 bits per heavy atom. The van der Waals surface area contributed by atoms with Crippen LogP contribution in [0.1, 0.15) is 76.6 Å². The zero-order valence-corrected chi connectivity index (χ0v) is 32.4. The summed E-state index contributed by atoms with van der Waals surface area (Å²) in [5.41, 5.74) is 14.9. The Morgan fingerprint density at radius 2 is 1.13 bits per heavy atom. The van der Waals surface area contributed by atoms with Gasteiger partial charge in [0.25, 0.3) is 0 Å². The first-order valence-corrected chi connectivity index (χ1v) is 20.0. The minimum Gasteiger partial charge on any atom is -0.310 e. The maximum atomic E-state index is 2.60. The molecule has 1 nitrogen and oxygen atoms in total. The fraction of sp³-hybridized carbons (Fsp3) is 0.216. The van der Waals surface area contributed by atoms with Crippen molar-refractivity contribution < 1.29 is 0 Å². The van der Waals surface area contributed by atoms with Crippen LogP contribution < -0.4 is 4.90 Å². The number of thiophene rings is 1. The molecule has 0 bridgehead atoms. The van der Waals surface area contributed by atoms with Crippen molar-refractivity contribution in [2.24, 2.45) is 0 Å². The standard InChI is InChI=1S/C51H45NS/c1-49(2)27-28-50(3,4)44-31-42-41(30-43(44)49)39-17-12-19-45(47(39)51(42,5)6)52(36-26-21-32-13-7-8-14-34(32)29-36)35-24-22-33(23-25-35)37-16-11-18-40-38-15-9-10-20-46(38)53-48(37)40/h7-26,29-31H,27-28H2,1-6H3. The molecule has 0 N–H and O–H groups in total. The van der Waals surface area contributed by atoms with Gasteiger partial charge in [-0.3, -0.25) is 0 Å². The molecule has 0 spiro atoms. The van der Waals surface area contributed by atoms with E-state index in [0.717, 1.165) is 5.69 Å². The van der Waals surface area contributed by atoms with Crippen molar-refractivity contribution in [3.05, 3.63) is 162 Å². The minimum atomic E-state index is -0.181. The van der Waals surface area contributed by atoms with Gasteiger partial charge in [0, 0.05) is 37.0 Å². The molecule has 10 rings (SSSR count). The van der Waals surface area contributed by atoms with E-state index >= 15 is 0 Å². The molecule has 2 aliphatic carbocycles. The lowest BCUT2D eigenvalue weighted by Crippen LogP contribution is -2.34.